The predicted octanol–water partition coefficient (Wildman–Crippen LogP) is 2.79. The van der Waals surface area contributed by atoms with Gasteiger partial charge in [-0.05, 0) is 49.9 Å². The normalized spacial score (nSPS) is 12.0. The number of rotatable bonds is 7. The number of carbonyl (C=O) groups is 2. The smallest absolute Gasteiger partial charge is 0.258 e. The molecule has 0 aromatic heterocycles. The minimum atomic E-state index is -0.595. The fourth-order valence-electron chi connectivity index (χ4n) is 2.07. The average Bonchev–Trinajstić information content (AvgIpc) is 2.47. The summed E-state index contributed by atoms with van der Waals surface area (Å²) in [5.74, 6) is 0.306. The summed E-state index contributed by atoms with van der Waals surface area (Å²) in [4.78, 5) is 23.5. The third-order valence-electron chi connectivity index (χ3n) is 3.39. The van der Waals surface area contributed by atoms with Gasteiger partial charge in [-0.25, -0.2) is 0 Å². The number of ether oxygens (including phenoxy) is 1. The van der Waals surface area contributed by atoms with Gasteiger partial charge in [-0.3, -0.25) is 9.59 Å². The van der Waals surface area contributed by atoms with E-state index in [2.05, 4.69) is 10.6 Å². The van der Waals surface area contributed by atoms with Gasteiger partial charge in [0.25, 0.3) is 5.91 Å². The molecule has 0 bridgehead atoms. The van der Waals surface area contributed by atoms with Crippen LogP contribution in [0.2, 0.25) is 5.02 Å². The average molecular weight is 341 g/mol. The van der Waals surface area contributed by atoms with Crippen molar-refractivity contribution in [1.29, 1.82) is 0 Å². The van der Waals surface area contributed by atoms with Crippen molar-refractivity contribution in [2.24, 2.45) is 0 Å². The van der Waals surface area contributed by atoms with E-state index >= 15 is 0 Å². The van der Waals surface area contributed by atoms with Crippen LogP contribution in [0.1, 0.15) is 44.7 Å². The van der Waals surface area contributed by atoms with Crippen molar-refractivity contribution in [1.82, 2.24) is 10.6 Å². The molecule has 1 atom stereocenters. The number of hydrogen-bond donors (Lipinski definition) is 2. The lowest BCUT2D eigenvalue weighted by atomic mass is 10.0. The molecule has 2 amide bonds. The Morgan fingerprint density at radius 1 is 1.26 bits per heavy atom. The van der Waals surface area contributed by atoms with Crippen LogP contribution in [-0.4, -0.2) is 31.0 Å². The number of benzene rings is 1. The molecule has 0 radical (unpaired) electrons. The van der Waals surface area contributed by atoms with Gasteiger partial charge in [-0.1, -0.05) is 25.4 Å². The first-order valence-electron chi connectivity index (χ1n) is 7.76. The second-order valence-corrected chi connectivity index (χ2v) is 6.17. The maximum absolute atomic E-state index is 11.9. The number of nitrogens with one attached hydrogen (secondary N) is 2. The number of aryl methyl sites for hydroxylation is 1. The van der Waals surface area contributed by atoms with E-state index in [4.69, 9.17) is 16.3 Å². The number of likely N-dealkylation sites (N-methyl/N-ethyl adjacent to an activating group) is 1. The van der Waals surface area contributed by atoms with E-state index in [0.717, 1.165) is 11.1 Å². The minimum Gasteiger partial charge on any atom is -0.483 e. The Hall–Kier alpha value is -1.75. The van der Waals surface area contributed by atoms with Gasteiger partial charge in [0.2, 0.25) is 5.91 Å². The third kappa shape index (κ3) is 5.75. The van der Waals surface area contributed by atoms with E-state index in [-0.39, 0.29) is 24.3 Å². The third-order valence-corrected chi connectivity index (χ3v) is 3.80. The lowest BCUT2D eigenvalue weighted by molar-refractivity contribution is -0.129. The molecule has 2 N–H and O–H groups in total. The van der Waals surface area contributed by atoms with Crippen LogP contribution < -0.4 is 15.4 Å². The molecule has 1 aromatic carbocycles. The highest BCUT2D eigenvalue weighted by Crippen LogP contribution is 2.31. The predicted molar refractivity (Wildman–Crippen MR) is 92.1 cm³/mol. The SMILES string of the molecule is CCNC(=O)[C@@H](C)NC(=O)COc1cc(C)c(Cl)cc1C(C)C. The van der Waals surface area contributed by atoms with Gasteiger partial charge in [-0.15, -0.1) is 0 Å². The molecule has 6 heteroatoms. The monoisotopic (exact) mass is 340 g/mol. The van der Waals surface area contributed by atoms with Crippen LogP contribution in [-0.2, 0) is 9.59 Å². The Balaban J connectivity index is 2.69. The molecule has 1 rings (SSSR count). The van der Waals surface area contributed by atoms with Crippen LogP contribution in [0.4, 0.5) is 0 Å². The molecule has 0 fully saturated rings. The highest BCUT2D eigenvalue weighted by Gasteiger charge is 2.16. The molecule has 128 valence electrons. The van der Waals surface area contributed by atoms with Crippen molar-refractivity contribution in [3.05, 3.63) is 28.3 Å². The van der Waals surface area contributed by atoms with Crippen molar-refractivity contribution in [2.75, 3.05) is 13.2 Å². The van der Waals surface area contributed by atoms with Gasteiger partial charge in [-0.2, -0.15) is 0 Å². The van der Waals surface area contributed by atoms with Crippen molar-refractivity contribution >= 4 is 23.4 Å². The van der Waals surface area contributed by atoms with Crippen molar-refractivity contribution in [2.45, 2.75) is 46.6 Å². The zero-order chi connectivity index (χ0) is 17.6. The van der Waals surface area contributed by atoms with Crippen molar-refractivity contribution in [3.63, 3.8) is 0 Å². The molecule has 0 spiro atoms. The molecular formula is C17H25ClN2O3. The van der Waals surface area contributed by atoms with Gasteiger partial charge >= 0.3 is 0 Å². The van der Waals surface area contributed by atoms with E-state index in [1.807, 2.05) is 39.8 Å². The first-order valence-corrected chi connectivity index (χ1v) is 8.13. The van der Waals surface area contributed by atoms with Gasteiger partial charge in [0, 0.05) is 11.6 Å². The van der Waals surface area contributed by atoms with E-state index in [1.165, 1.54) is 0 Å². The van der Waals surface area contributed by atoms with E-state index < -0.39 is 6.04 Å². The molecule has 0 aliphatic heterocycles. The fraction of sp³-hybridized carbons (Fsp3) is 0.529. The molecular weight excluding hydrogens is 316 g/mol. The topological polar surface area (TPSA) is 67.4 Å². The summed E-state index contributed by atoms with van der Waals surface area (Å²) in [6.45, 7) is 9.79. The first kappa shape index (κ1) is 19.3. The van der Waals surface area contributed by atoms with Crippen molar-refractivity contribution in [3.8, 4) is 5.75 Å². The summed E-state index contributed by atoms with van der Waals surface area (Å²) in [5, 5.41) is 5.94. The summed E-state index contributed by atoms with van der Waals surface area (Å²) < 4.78 is 5.63. The van der Waals surface area contributed by atoms with Crippen LogP contribution in [0.3, 0.4) is 0 Å². The molecule has 0 saturated carbocycles. The van der Waals surface area contributed by atoms with Gasteiger partial charge < -0.3 is 15.4 Å². The van der Waals surface area contributed by atoms with E-state index in [9.17, 15) is 9.59 Å². The summed E-state index contributed by atoms with van der Waals surface area (Å²) >= 11 is 6.15. The molecule has 23 heavy (non-hydrogen) atoms. The molecule has 0 heterocycles. The molecule has 0 aliphatic carbocycles. The van der Waals surface area contributed by atoms with Crippen LogP contribution in [0, 0.1) is 6.92 Å². The minimum absolute atomic E-state index is 0.148. The quantitative estimate of drug-likeness (QED) is 0.802. The standard InChI is InChI=1S/C17H25ClN2O3/c1-6-19-17(22)12(5)20-16(21)9-23-15-7-11(4)14(18)8-13(15)10(2)3/h7-8,10,12H,6,9H2,1-5H3,(H,19,22)(H,20,21)/t12-/m1/s1. The summed E-state index contributed by atoms with van der Waals surface area (Å²) in [5.41, 5.74) is 1.84. The summed E-state index contributed by atoms with van der Waals surface area (Å²) in [6, 6.07) is 3.10. The maximum atomic E-state index is 11.9. The lowest BCUT2D eigenvalue weighted by Gasteiger charge is -2.17. The van der Waals surface area contributed by atoms with Crippen LogP contribution in [0.15, 0.2) is 12.1 Å². The summed E-state index contributed by atoms with van der Waals surface area (Å²) in [7, 11) is 0. The molecule has 1 aromatic rings. The Morgan fingerprint density at radius 2 is 1.91 bits per heavy atom. The van der Waals surface area contributed by atoms with Crippen LogP contribution >= 0.6 is 11.6 Å². The van der Waals surface area contributed by atoms with Crippen LogP contribution in [0.5, 0.6) is 5.75 Å². The molecule has 0 aliphatic rings. The Bertz CT molecular complexity index is 573. The van der Waals surface area contributed by atoms with Crippen LogP contribution in [0.25, 0.3) is 0 Å². The Morgan fingerprint density at radius 3 is 2.48 bits per heavy atom. The van der Waals surface area contributed by atoms with Gasteiger partial charge in [0.15, 0.2) is 6.61 Å². The van der Waals surface area contributed by atoms with E-state index in [0.29, 0.717) is 17.3 Å². The fourth-order valence-corrected chi connectivity index (χ4v) is 2.24. The van der Waals surface area contributed by atoms with E-state index in [1.54, 1.807) is 6.92 Å². The number of amides is 2. The number of carbonyl (C=O) groups excluding carboxylic acids is 2. The Kier molecular flexibility index (Phi) is 7.36. The maximum Gasteiger partial charge on any atom is 0.258 e. The molecule has 5 nitrogen and oxygen atoms in total. The van der Waals surface area contributed by atoms with Gasteiger partial charge in [0.1, 0.15) is 11.8 Å². The van der Waals surface area contributed by atoms with Crippen molar-refractivity contribution < 1.29 is 14.3 Å². The zero-order valence-electron chi connectivity index (χ0n) is 14.3. The van der Waals surface area contributed by atoms with Gasteiger partial charge in [0.05, 0.1) is 0 Å². The molecule has 0 saturated heterocycles. The second kappa shape index (κ2) is 8.77. The second-order valence-electron chi connectivity index (χ2n) is 5.77. The highest BCUT2D eigenvalue weighted by molar-refractivity contribution is 6.31. The highest BCUT2D eigenvalue weighted by atomic mass is 35.5. The number of halogens is 1. The largest absolute Gasteiger partial charge is 0.483 e. The first-order chi connectivity index (χ1) is 10.8. The number of hydrogen-bond acceptors (Lipinski definition) is 3. The summed E-state index contributed by atoms with van der Waals surface area (Å²) in [6.07, 6.45) is 0. The zero-order valence-corrected chi connectivity index (χ0v) is 15.1. The molecule has 0 unspecified atom stereocenters. The Labute approximate surface area is 142 Å². The lowest BCUT2D eigenvalue weighted by Crippen LogP contribution is -2.46.